The number of rotatable bonds is 3. The summed E-state index contributed by atoms with van der Waals surface area (Å²) >= 11 is 0. The van der Waals surface area contributed by atoms with Gasteiger partial charge in [0.1, 0.15) is 0 Å². The van der Waals surface area contributed by atoms with Crippen molar-refractivity contribution in [3.63, 3.8) is 0 Å². The lowest BCUT2D eigenvalue weighted by Crippen LogP contribution is -2.53. The highest BCUT2D eigenvalue weighted by Crippen LogP contribution is 2.17. The van der Waals surface area contributed by atoms with Crippen molar-refractivity contribution in [1.82, 2.24) is 14.7 Å². The molecule has 2 aliphatic rings. The van der Waals surface area contributed by atoms with Crippen molar-refractivity contribution in [2.75, 3.05) is 46.3 Å². The van der Waals surface area contributed by atoms with Crippen LogP contribution in [0.2, 0.25) is 0 Å². The van der Waals surface area contributed by atoms with Crippen LogP contribution in [0.1, 0.15) is 19.8 Å². The van der Waals surface area contributed by atoms with Gasteiger partial charge in [0, 0.05) is 38.8 Å². The Morgan fingerprint density at radius 1 is 1.15 bits per heavy atom. The Balaban J connectivity index is 1.77. The minimum atomic E-state index is -0.731. The topological polar surface area (TPSA) is 64.1 Å². The molecule has 2 saturated heterocycles. The molecule has 2 rings (SSSR count). The number of amides is 1. The van der Waals surface area contributed by atoms with Crippen molar-refractivity contribution in [3.05, 3.63) is 0 Å². The van der Waals surface area contributed by atoms with Gasteiger partial charge in [0.05, 0.1) is 12.5 Å². The van der Waals surface area contributed by atoms with Crippen LogP contribution in [0.15, 0.2) is 0 Å². The van der Waals surface area contributed by atoms with Crippen molar-refractivity contribution in [3.8, 4) is 0 Å². The molecule has 0 aromatic heterocycles. The molecular weight excluding hydrogens is 258 g/mol. The number of aliphatic carboxylic acids is 1. The molecule has 1 atom stereocenters. The molecule has 0 spiro atoms. The number of carbonyl (C=O) groups excluding carboxylic acids is 1. The van der Waals surface area contributed by atoms with Crippen LogP contribution in [0.25, 0.3) is 0 Å². The first-order valence-electron chi connectivity index (χ1n) is 7.40. The fourth-order valence-corrected chi connectivity index (χ4v) is 2.93. The number of carboxylic acids is 1. The Labute approximate surface area is 120 Å². The van der Waals surface area contributed by atoms with Gasteiger partial charge in [-0.05, 0) is 26.8 Å². The number of nitrogens with zero attached hydrogens (tertiary/aromatic N) is 3. The molecule has 2 aliphatic heterocycles. The van der Waals surface area contributed by atoms with Gasteiger partial charge in [-0.1, -0.05) is 0 Å². The summed E-state index contributed by atoms with van der Waals surface area (Å²) in [6.07, 6.45) is 1.17. The van der Waals surface area contributed by atoms with Crippen molar-refractivity contribution < 1.29 is 14.7 Å². The van der Waals surface area contributed by atoms with Crippen LogP contribution >= 0.6 is 0 Å². The Morgan fingerprint density at radius 2 is 1.80 bits per heavy atom. The minimum Gasteiger partial charge on any atom is -0.481 e. The summed E-state index contributed by atoms with van der Waals surface area (Å²) in [6, 6.07) is 0.481. The molecule has 1 unspecified atom stereocenters. The van der Waals surface area contributed by atoms with Crippen LogP contribution in [-0.2, 0) is 9.59 Å². The Bertz CT molecular complexity index is 367. The molecule has 6 nitrogen and oxygen atoms in total. The second-order valence-corrected chi connectivity index (χ2v) is 6.06. The third-order valence-electron chi connectivity index (χ3n) is 4.60. The fraction of sp³-hybridized carbons (Fsp3) is 0.857. The van der Waals surface area contributed by atoms with Gasteiger partial charge in [0.15, 0.2) is 0 Å². The number of carbonyl (C=O) groups is 2. The van der Waals surface area contributed by atoms with E-state index in [1.54, 1.807) is 0 Å². The highest BCUT2D eigenvalue weighted by atomic mass is 16.4. The third-order valence-corrected chi connectivity index (χ3v) is 4.60. The summed E-state index contributed by atoms with van der Waals surface area (Å²) in [7, 11) is 2.11. The first-order chi connectivity index (χ1) is 9.47. The monoisotopic (exact) mass is 283 g/mol. The van der Waals surface area contributed by atoms with E-state index < -0.39 is 5.97 Å². The number of piperazine rings is 1. The van der Waals surface area contributed by atoms with Crippen LogP contribution < -0.4 is 0 Å². The largest absolute Gasteiger partial charge is 0.481 e. The number of likely N-dealkylation sites (tertiary alicyclic amines) is 1. The fourth-order valence-electron chi connectivity index (χ4n) is 2.93. The molecule has 0 bridgehead atoms. The van der Waals surface area contributed by atoms with E-state index in [0.29, 0.717) is 38.5 Å². The second-order valence-electron chi connectivity index (χ2n) is 6.06. The van der Waals surface area contributed by atoms with Gasteiger partial charge in [-0.25, -0.2) is 0 Å². The van der Waals surface area contributed by atoms with Gasteiger partial charge in [-0.15, -0.1) is 0 Å². The Hall–Kier alpha value is -1.14. The molecule has 114 valence electrons. The van der Waals surface area contributed by atoms with Crippen molar-refractivity contribution in [1.29, 1.82) is 0 Å². The van der Waals surface area contributed by atoms with E-state index in [4.69, 9.17) is 5.11 Å². The summed E-state index contributed by atoms with van der Waals surface area (Å²) in [5.41, 5.74) is 0. The van der Waals surface area contributed by atoms with E-state index in [2.05, 4.69) is 23.8 Å². The maximum atomic E-state index is 12.3. The molecule has 0 saturated carbocycles. The number of carboxylic acid groups (broad SMARTS) is 1. The summed E-state index contributed by atoms with van der Waals surface area (Å²) in [5, 5.41) is 8.96. The summed E-state index contributed by atoms with van der Waals surface area (Å²) in [5.74, 6) is -0.863. The molecule has 0 radical (unpaired) electrons. The van der Waals surface area contributed by atoms with Gasteiger partial charge in [0.25, 0.3) is 0 Å². The molecule has 1 amide bonds. The zero-order valence-electron chi connectivity index (χ0n) is 12.4. The molecule has 20 heavy (non-hydrogen) atoms. The maximum absolute atomic E-state index is 12.3. The van der Waals surface area contributed by atoms with Crippen LogP contribution in [0.4, 0.5) is 0 Å². The van der Waals surface area contributed by atoms with Gasteiger partial charge in [-0.3, -0.25) is 14.5 Å². The smallest absolute Gasteiger partial charge is 0.306 e. The quantitative estimate of drug-likeness (QED) is 0.786. The lowest BCUT2D eigenvalue weighted by Gasteiger charge is -2.38. The number of hydrogen-bond acceptors (Lipinski definition) is 4. The predicted octanol–water partition coefficient (Wildman–Crippen LogP) is -0.0545. The standard InChI is InChI=1S/C14H25N3O3/c1-11-9-16(8-7-15(11)2)10-13(18)17-5-3-12(4-6-17)14(19)20/h11-12H,3-10H2,1-2H3,(H,19,20). The van der Waals surface area contributed by atoms with E-state index in [9.17, 15) is 9.59 Å². The highest BCUT2D eigenvalue weighted by molar-refractivity contribution is 5.79. The normalized spacial score (nSPS) is 26.7. The van der Waals surface area contributed by atoms with Crippen LogP contribution in [0, 0.1) is 5.92 Å². The Morgan fingerprint density at radius 3 is 2.35 bits per heavy atom. The molecule has 1 N–H and O–H groups in total. The Kier molecular flexibility index (Phi) is 4.99. The van der Waals surface area contributed by atoms with E-state index in [1.165, 1.54) is 0 Å². The van der Waals surface area contributed by atoms with Crippen molar-refractivity contribution in [2.45, 2.75) is 25.8 Å². The second kappa shape index (κ2) is 6.54. The van der Waals surface area contributed by atoms with Crippen LogP contribution in [0.5, 0.6) is 0 Å². The zero-order chi connectivity index (χ0) is 14.7. The molecule has 0 aliphatic carbocycles. The van der Waals surface area contributed by atoms with Crippen molar-refractivity contribution in [2.24, 2.45) is 5.92 Å². The molecule has 2 heterocycles. The molecule has 0 aromatic rings. The van der Waals surface area contributed by atoms with E-state index in [1.807, 2.05) is 4.90 Å². The average Bonchev–Trinajstić information content (AvgIpc) is 2.43. The number of likely N-dealkylation sites (N-methyl/N-ethyl adjacent to an activating group) is 1. The van der Waals surface area contributed by atoms with Crippen molar-refractivity contribution >= 4 is 11.9 Å². The average molecular weight is 283 g/mol. The predicted molar refractivity (Wildman–Crippen MR) is 75.5 cm³/mol. The van der Waals surface area contributed by atoms with E-state index >= 15 is 0 Å². The maximum Gasteiger partial charge on any atom is 0.306 e. The van der Waals surface area contributed by atoms with Crippen LogP contribution in [-0.4, -0.2) is 84.0 Å². The summed E-state index contributed by atoms with van der Waals surface area (Å²) in [6.45, 7) is 6.66. The highest BCUT2D eigenvalue weighted by Gasteiger charge is 2.29. The molecule has 6 heteroatoms. The molecular formula is C14H25N3O3. The number of hydrogen-bond donors (Lipinski definition) is 1. The number of piperidine rings is 1. The first kappa shape index (κ1) is 15.3. The molecule has 2 fully saturated rings. The summed E-state index contributed by atoms with van der Waals surface area (Å²) in [4.78, 5) is 29.5. The lowest BCUT2D eigenvalue weighted by atomic mass is 9.97. The van der Waals surface area contributed by atoms with Crippen LogP contribution in [0.3, 0.4) is 0 Å². The van der Waals surface area contributed by atoms with E-state index in [-0.39, 0.29) is 11.8 Å². The molecule has 0 aromatic carbocycles. The van der Waals surface area contributed by atoms with Gasteiger partial charge < -0.3 is 14.9 Å². The van der Waals surface area contributed by atoms with E-state index in [0.717, 1.165) is 19.6 Å². The van der Waals surface area contributed by atoms with Gasteiger partial charge in [-0.2, -0.15) is 0 Å². The minimum absolute atomic E-state index is 0.144. The SMILES string of the molecule is CC1CN(CC(=O)N2CCC(C(=O)O)CC2)CCN1C. The van der Waals surface area contributed by atoms with Gasteiger partial charge in [0.2, 0.25) is 5.91 Å². The zero-order valence-corrected chi connectivity index (χ0v) is 12.4. The lowest BCUT2D eigenvalue weighted by molar-refractivity contribution is -0.146. The third kappa shape index (κ3) is 3.70. The summed E-state index contributed by atoms with van der Waals surface area (Å²) < 4.78 is 0. The van der Waals surface area contributed by atoms with Gasteiger partial charge >= 0.3 is 5.97 Å². The first-order valence-corrected chi connectivity index (χ1v) is 7.40.